The molecule has 4 heterocycles. The monoisotopic (exact) mass is 616 g/mol. The van der Waals surface area contributed by atoms with Crippen molar-refractivity contribution in [2.45, 2.75) is 52.4 Å². The van der Waals surface area contributed by atoms with E-state index in [2.05, 4.69) is 101 Å². The number of aromatic hydroxyl groups is 1. The van der Waals surface area contributed by atoms with Crippen LogP contribution < -0.4 is 0 Å². The quantitative estimate of drug-likeness (QED) is 0.214. The van der Waals surface area contributed by atoms with Gasteiger partial charge in [-0.05, 0) is 64.9 Å². The molecule has 8 rings (SSSR count). The van der Waals surface area contributed by atoms with Crippen LogP contribution in [0.3, 0.4) is 0 Å². The normalized spacial score (nSPS) is 12.6. The van der Waals surface area contributed by atoms with Crippen molar-refractivity contribution in [2.75, 3.05) is 0 Å². The molecule has 4 aromatic heterocycles. The van der Waals surface area contributed by atoms with Crippen LogP contribution in [0.4, 0.5) is 0 Å². The maximum atomic E-state index is 11.8. The highest BCUT2D eigenvalue weighted by Gasteiger charge is 2.28. The first-order valence-electron chi connectivity index (χ1n) is 16.0. The lowest BCUT2D eigenvalue weighted by Crippen LogP contribution is -2.17. The number of phenolic OH excluding ortho intramolecular Hbond substituents is 1. The molecule has 0 saturated heterocycles. The Morgan fingerprint density at radius 1 is 0.702 bits per heavy atom. The number of para-hydroxylation sites is 2. The first kappa shape index (κ1) is 28.9. The number of fused-ring (bicyclic) bond motifs is 6. The van der Waals surface area contributed by atoms with E-state index in [0.717, 1.165) is 55.3 Å². The molecule has 0 aliphatic carbocycles. The minimum Gasteiger partial charge on any atom is -0.507 e. The van der Waals surface area contributed by atoms with Gasteiger partial charge in [-0.25, -0.2) is 15.0 Å². The van der Waals surface area contributed by atoms with Crippen LogP contribution >= 0.6 is 0 Å². The number of nitrogens with zero attached hydrogens (tertiary/aromatic N) is 4. The average molecular weight is 617 g/mol. The summed E-state index contributed by atoms with van der Waals surface area (Å²) < 4.78 is 8.67. The summed E-state index contributed by atoms with van der Waals surface area (Å²) in [6.07, 6.45) is 1.83. The van der Waals surface area contributed by atoms with Crippen molar-refractivity contribution in [3.8, 4) is 34.1 Å². The third-order valence-corrected chi connectivity index (χ3v) is 9.06. The summed E-state index contributed by atoms with van der Waals surface area (Å²) >= 11 is 0. The van der Waals surface area contributed by atoms with Gasteiger partial charge in [0.05, 0.1) is 11.1 Å². The molecule has 0 fully saturated rings. The number of hydrogen-bond acceptors (Lipinski definition) is 5. The fraction of sp³-hybridized carbons (Fsp3) is 0.195. The van der Waals surface area contributed by atoms with E-state index < -0.39 is 0 Å². The number of hydrogen-bond donors (Lipinski definition) is 1. The van der Waals surface area contributed by atoms with Crippen LogP contribution in [0.2, 0.25) is 0 Å². The van der Waals surface area contributed by atoms with Gasteiger partial charge in [0, 0.05) is 39.2 Å². The van der Waals surface area contributed by atoms with Crippen molar-refractivity contribution in [1.29, 1.82) is 0 Å². The summed E-state index contributed by atoms with van der Waals surface area (Å²) in [4.78, 5) is 15.1. The lowest BCUT2D eigenvalue weighted by atomic mass is 9.79. The van der Waals surface area contributed by atoms with E-state index >= 15 is 0 Å². The first-order valence-corrected chi connectivity index (χ1v) is 16.0. The molecule has 8 aromatic rings. The molecule has 0 atom stereocenters. The van der Waals surface area contributed by atoms with Crippen molar-refractivity contribution in [3.05, 3.63) is 114 Å². The number of aromatic nitrogens is 4. The topological polar surface area (TPSA) is 77.0 Å². The lowest BCUT2D eigenvalue weighted by molar-refractivity contribution is 0.446. The molecule has 0 unspecified atom stereocenters. The maximum Gasteiger partial charge on any atom is 0.180 e. The van der Waals surface area contributed by atoms with Crippen molar-refractivity contribution in [3.63, 3.8) is 0 Å². The van der Waals surface area contributed by atoms with E-state index in [1.807, 2.05) is 48.7 Å². The van der Waals surface area contributed by atoms with Crippen LogP contribution in [0.25, 0.3) is 72.3 Å². The molecule has 1 N–H and O–H groups in total. The van der Waals surface area contributed by atoms with Gasteiger partial charge in [0.15, 0.2) is 11.4 Å². The minimum atomic E-state index is -0.292. The number of phenols is 1. The van der Waals surface area contributed by atoms with Gasteiger partial charge >= 0.3 is 0 Å². The third kappa shape index (κ3) is 4.66. The van der Waals surface area contributed by atoms with Crippen LogP contribution in [-0.2, 0) is 10.8 Å². The second-order valence-corrected chi connectivity index (χ2v) is 14.4. The molecule has 6 nitrogen and oxygen atoms in total. The predicted octanol–water partition coefficient (Wildman–Crippen LogP) is 10.5. The molecule has 0 saturated carbocycles. The molecule has 232 valence electrons. The summed E-state index contributed by atoms with van der Waals surface area (Å²) in [6.45, 7) is 12.9. The Morgan fingerprint density at radius 2 is 1.45 bits per heavy atom. The molecule has 0 spiro atoms. The molecular formula is C41H36N4O2. The van der Waals surface area contributed by atoms with Gasteiger partial charge < -0.3 is 9.52 Å². The molecule has 0 aliphatic rings. The zero-order valence-corrected chi connectivity index (χ0v) is 27.5. The standard InChI is InChI=1S/C41H36N4O2/c1-40(2,3)25-22-30(36(46)31(23-25)41(4,5)6)38-43-34(37-35(44-38)29-16-8-10-19-33(29)47-37)24-13-11-14-26(21-24)45-32-18-9-7-15-27(32)28-17-12-20-42-39(28)45/h7-23,46H,1-6H3. The molecule has 0 aliphatic heterocycles. The Labute approximate surface area is 273 Å². The fourth-order valence-electron chi connectivity index (χ4n) is 6.57. The molecular weight excluding hydrogens is 580 g/mol. The molecule has 0 bridgehead atoms. The van der Waals surface area contributed by atoms with E-state index in [0.29, 0.717) is 28.2 Å². The highest BCUT2D eigenvalue weighted by atomic mass is 16.3. The van der Waals surface area contributed by atoms with E-state index in [-0.39, 0.29) is 16.6 Å². The molecule has 0 amide bonds. The summed E-state index contributed by atoms with van der Waals surface area (Å²) in [5.74, 6) is 0.658. The minimum absolute atomic E-state index is 0.150. The van der Waals surface area contributed by atoms with E-state index in [4.69, 9.17) is 19.4 Å². The second-order valence-electron chi connectivity index (χ2n) is 14.4. The first-order chi connectivity index (χ1) is 22.5. The Kier molecular flexibility index (Phi) is 6.32. The van der Waals surface area contributed by atoms with Gasteiger partial charge in [-0.15, -0.1) is 0 Å². The summed E-state index contributed by atoms with van der Waals surface area (Å²) in [5.41, 5.74) is 8.66. The van der Waals surface area contributed by atoms with Crippen molar-refractivity contribution in [2.24, 2.45) is 0 Å². The zero-order valence-electron chi connectivity index (χ0n) is 27.5. The fourth-order valence-corrected chi connectivity index (χ4v) is 6.57. The predicted molar refractivity (Wildman–Crippen MR) is 191 cm³/mol. The summed E-state index contributed by atoms with van der Waals surface area (Å²) in [6, 6.07) is 32.9. The highest BCUT2D eigenvalue weighted by Crippen LogP contribution is 2.43. The van der Waals surface area contributed by atoms with Gasteiger partial charge in [-0.2, -0.15) is 0 Å². The van der Waals surface area contributed by atoms with Crippen LogP contribution in [-0.4, -0.2) is 24.6 Å². The molecule has 47 heavy (non-hydrogen) atoms. The number of benzene rings is 4. The Balaban J connectivity index is 1.42. The Morgan fingerprint density at radius 3 is 2.23 bits per heavy atom. The average Bonchev–Trinajstić information content (AvgIpc) is 3.59. The van der Waals surface area contributed by atoms with E-state index in [9.17, 15) is 5.11 Å². The summed E-state index contributed by atoms with van der Waals surface area (Å²) in [5, 5.41) is 15.0. The van der Waals surface area contributed by atoms with Crippen LogP contribution in [0.15, 0.2) is 108 Å². The highest BCUT2D eigenvalue weighted by molar-refractivity contribution is 6.09. The third-order valence-electron chi connectivity index (χ3n) is 9.06. The lowest BCUT2D eigenvalue weighted by Gasteiger charge is -2.27. The van der Waals surface area contributed by atoms with Gasteiger partial charge in [0.2, 0.25) is 0 Å². The van der Waals surface area contributed by atoms with Crippen LogP contribution in [0.5, 0.6) is 5.75 Å². The van der Waals surface area contributed by atoms with E-state index in [1.165, 1.54) is 0 Å². The number of pyridine rings is 1. The van der Waals surface area contributed by atoms with E-state index in [1.54, 1.807) is 0 Å². The summed E-state index contributed by atoms with van der Waals surface area (Å²) in [7, 11) is 0. The largest absolute Gasteiger partial charge is 0.507 e. The molecule has 0 radical (unpaired) electrons. The second kappa shape index (κ2) is 10.3. The number of rotatable bonds is 3. The van der Waals surface area contributed by atoms with Gasteiger partial charge in [0.25, 0.3) is 0 Å². The van der Waals surface area contributed by atoms with Gasteiger partial charge in [-0.3, -0.25) is 4.57 Å². The van der Waals surface area contributed by atoms with Crippen molar-refractivity contribution in [1.82, 2.24) is 19.5 Å². The maximum absolute atomic E-state index is 11.8. The smallest absolute Gasteiger partial charge is 0.180 e. The SMILES string of the molecule is CC(C)(C)c1cc(-c2nc(-c3cccc(-n4c5ccccc5c5cccnc54)c3)c3oc4ccccc4c3n2)c(O)c(C(C)(C)C)c1. The van der Waals surface area contributed by atoms with Crippen molar-refractivity contribution >= 4 is 44.0 Å². The Hall–Kier alpha value is -5.49. The van der Waals surface area contributed by atoms with Crippen LogP contribution in [0, 0.1) is 0 Å². The van der Waals surface area contributed by atoms with Gasteiger partial charge in [0.1, 0.15) is 28.2 Å². The van der Waals surface area contributed by atoms with Gasteiger partial charge in [-0.1, -0.05) is 90.1 Å². The molecule has 6 heteroatoms. The van der Waals surface area contributed by atoms with Crippen molar-refractivity contribution < 1.29 is 9.52 Å². The van der Waals surface area contributed by atoms with Crippen LogP contribution in [0.1, 0.15) is 52.7 Å². The number of furan rings is 1. The molecule has 4 aromatic carbocycles. The zero-order chi connectivity index (χ0) is 32.7. The Bertz CT molecular complexity index is 2450.